The van der Waals surface area contributed by atoms with Gasteiger partial charge in [0.15, 0.2) is 23.1 Å². The SMILES string of the molecule is COc1cc2c(cc1OC)C1(CCN(c3ncncc3F)CC1)OCC2. The largest absolute Gasteiger partial charge is 0.493 e. The molecule has 0 N–H and O–H groups in total. The number of ether oxygens (including phenoxy) is 3. The topological polar surface area (TPSA) is 56.7 Å². The summed E-state index contributed by atoms with van der Waals surface area (Å²) in [6.07, 6.45) is 4.96. The summed E-state index contributed by atoms with van der Waals surface area (Å²) in [4.78, 5) is 9.78. The van der Waals surface area contributed by atoms with Gasteiger partial charge < -0.3 is 19.1 Å². The summed E-state index contributed by atoms with van der Waals surface area (Å²) in [5.74, 6) is 1.42. The van der Waals surface area contributed by atoms with Crippen LogP contribution in [-0.4, -0.2) is 43.9 Å². The number of rotatable bonds is 3. The molecule has 1 fully saturated rings. The van der Waals surface area contributed by atoms with Crippen molar-refractivity contribution in [2.75, 3.05) is 38.8 Å². The quantitative estimate of drug-likeness (QED) is 0.840. The van der Waals surface area contributed by atoms with Crippen molar-refractivity contribution in [3.8, 4) is 11.5 Å². The van der Waals surface area contributed by atoms with Crippen molar-refractivity contribution in [2.45, 2.75) is 24.9 Å². The second-order valence-corrected chi connectivity index (χ2v) is 6.64. The van der Waals surface area contributed by atoms with Crippen molar-refractivity contribution in [3.05, 3.63) is 41.6 Å². The average molecular weight is 359 g/mol. The molecule has 3 heterocycles. The van der Waals surface area contributed by atoms with Crippen LogP contribution >= 0.6 is 0 Å². The molecule has 138 valence electrons. The molecule has 4 rings (SSSR count). The van der Waals surface area contributed by atoms with Gasteiger partial charge in [-0.25, -0.2) is 14.4 Å². The van der Waals surface area contributed by atoms with Crippen LogP contribution in [0.15, 0.2) is 24.7 Å². The number of hydrogen-bond donors (Lipinski definition) is 0. The zero-order chi connectivity index (χ0) is 18.1. The minimum Gasteiger partial charge on any atom is -0.493 e. The van der Waals surface area contributed by atoms with E-state index in [1.165, 1.54) is 18.1 Å². The Bertz CT molecular complexity index is 807. The fourth-order valence-electron chi connectivity index (χ4n) is 4.02. The number of hydrogen-bond acceptors (Lipinski definition) is 6. The summed E-state index contributed by atoms with van der Waals surface area (Å²) in [5.41, 5.74) is 2.02. The van der Waals surface area contributed by atoms with E-state index >= 15 is 0 Å². The van der Waals surface area contributed by atoms with Gasteiger partial charge in [-0.1, -0.05) is 0 Å². The lowest BCUT2D eigenvalue weighted by atomic mass is 9.79. The molecule has 2 aromatic rings. The molecule has 0 bridgehead atoms. The number of aromatic nitrogens is 2. The van der Waals surface area contributed by atoms with Gasteiger partial charge in [0.1, 0.15) is 6.33 Å². The Morgan fingerprint density at radius 1 is 1.15 bits per heavy atom. The third kappa shape index (κ3) is 2.76. The predicted octanol–water partition coefficient (Wildman–Crippen LogP) is 2.70. The number of fused-ring (bicyclic) bond motifs is 2. The van der Waals surface area contributed by atoms with Crippen LogP contribution in [0.1, 0.15) is 24.0 Å². The molecule has 1 saturated heterocycles. The van der Waals surface area contributed by atoms with Crippen molar-refractivity contribution >= 4 is 5.82 Å². The first-order valence-electron chi connectivity index (χ1n) is 8.76. The van der Waals surface area contributed by atoms with Crippen molar-refractivity contribution < 1.29 is 18.6 Å². The second kappa shape index (κ2) is 6.72. The van der Waals surface area contributed by atoms with E-state index in [9.17, 15) is 4.39 Å². The standard InChI is InChI=1S/C19H22FN3O3/c1-24-16-9-13-3-8-26-19(14(13)10-17(16)25-2)4-6-23(7-5-19)18-15(20)11-21-12-22-18/h9-12H,3-8H2,1-2H3. The molecule has 26 heavy (non-hydrogen) atoms. The molecule has 1 aromatic heterocycles. The minimum absolute atomic E-state index is 0.359. The van der Waals surface area contributed by atoms with Gasteiger partial charge in [0.2, 0.25) is 0 Å². The Morgan fingerprint density at radius 2 is 1.88 bits per heavy atom. The van der Waals surface area contributed by atoms with Gasteiger partial charge in [0.05, 0.1) is 32.6 Å². The molecule has 1 aromatic carbocycles. The van der Waals surface area contributed by atoms with Crippen LogP contribution in [0, 0.1) is 5.82 Å². The van der Waals surface area contributed by atoms with E-state index < -0.39 is 0 Å². The van der Waals surface area contributed by atoms with Gasteiger partial charge in [-0.05, 0) is 42.5 Å². The van der Waals surface area contributed by atoms with Gasteiger partial charge in [-0.2, -0.15) is 0 Å². The molecule has 2 aliphatic heterocycles. The molecular weight excluding hydrogens is 337 g/mol. The van der Waals surface area contributed by atoms with Crippen molar-refractivity contribution in [3.63, 3.8) is 0 Å². The Kier molecular flexibility index (Phi) is 4.40. The summed E-state index contributed by atoms with van der Waals surface area (Å²) in [5, 5.41) is 0. The predicted molar refractivity (Wildman–Crippen MR) is 94.3 cm³/mol. The molecule has 0 amide bonds. The number of nitrogens with zero attached hydrogens (tertiary/aromatic N) is 3. The van der Waals surface area contributed by atoms with E-state index in [-0.39, 0.29) is 11.4 Å². The smallest absolute Gasteiger partial charge is 0.183 e. The molecule has 0 radical (unpaired) electrons. The molecule has 2 aliphatic rings. The highest BCUT2D eigenvalue weighted by atomic mass is 19.1. The molecule has 0 atom stereocenters. The van der Waals surface area contributed by atoms with Crippen LogP contribution in [0.3, 0.4) is 0 Å². The summed E-state index contributed by atoms with van der Waals surface area (Å²) in [6.45, 7) is 2.01. The maximum Gasteiger partial charge on any atom is 0.183 e. The van der Waals surface area contributed by atoms with E-state index in [2.05, 4.69) is 16.0 Å². The summed E-state index contributed by atoms with van der Waals surface area (Å²) in [7, 11) is 3.29. The fraction of sp³-hybridized carbons (Fsp3) is 0.474. The first-order valence-corrected chi connectivity index (χ1v) is 8.76. The number of benzene rings is 1. The maximum absolute atomic E-state index is 14.0. The summed E-state index contributed by atoms with van der Waals surface area (Å²) in [6, 6.07) is 4.09. The average Bonchev–Trinajstić information content (AvgIpc) is 2.68. The van der Waals surface area contributed by atoms with E-state index in [1.807, 2.05) is 11.0 Å². The minimum atomic E-state index is -0.389. The van der Waals surface area contributed by atoms with Crippen LogP contribution < -0.4 is 14.4 Å². The van der Waals surface area contributed by atoms with Gasteiger partial charge in [0.25, 0.3) is 0 Å². The third-order valence-corrected chi connectivity index (χ3v) is 5.37. The van der Waals surface area contributed by atoms with Crippen molar-refractivity contribution in [1.82, 2.24) is 9.97 Å². The first-order chi connectivity index (χ1) is 12.7. The number of piperidine rings is 1. The summed E-state index contributed by atoms with van der Waals surface area (Å²) >= 11 is 0. The highest BCUT2D eigenvalue weighted by Crippen LogP contribution is 2.45. The molecule has 7 heteroatoms. The third-order valence-electron chi connectivity index (χ3n) is 5.37. The van der Waals surface area contributed by atoms with E-state index in [1.54, 1.807) is 14.2 Å². The lowest BCUT2D eigenvalue weighted by Gasteiger charge is -2.45. The first kappa shape index (κ1) is 17.0. The maximum atomic E-state index is 14.0. The number of halogens is 1. The van der Waals surface area contributed by atoms with Gasteiger partial charge >= 0.3 is 0 Å². The molecular formula is C19H22FN3O3. The molecule has 0 unspecified atom stereocenters. The van der Waals surface area contributed by atoms with Crippen LogP contribution in [0.4, 0.5) is 10.2 Å². The Labute approximate surface area is 151 Å². The normalized spacial score (nSPS) is 18.5. The van der Waals surface area contributed by atoms with Crippen molar-refractivity contribution in [1.29, 1.82) is 0 Å². The zero-order valence-electron chi connectivity index (χ0n) is 15.0. The second-order valence-electron chi connectivity index (χ2n) is 6.64. The van der Waals surface area contributed by atoms with Crippen LogP contribution in [0.5, 0.6) is 11.5 Å². The molecule has 0 aliphatic carbocycles. The van der Waals surface area contributed by atoms with E-state index in [0.717, 1.165) is 30.6 Å². The fourth-order valence-corrected chi connectivity index (χ4v) is 4.02. The van der Waals surface area contributed by atoms with Gasteiger partial charge in [-0.15, -0.1) is 0 Å². The van der Waals surface area contributed by atoms with E-state index in [0.29, 0.717) is 31.3 Å². The van der Waals surface area contributed by atoms with Crippen LogP contribution in [-0.2, 0) is 16.8 Å². The summed E-state index contributed by atoms with van der Waals surface area (Å²) < 4.78 is 31.2. The van der Waals surface area contributed by atoms with E-state index in [4.69, 9.17) is 14.2 Å². The highest BCUT2D eigenvalue weighted by Gasteiger charge is 2.42. The lowest BCUT2D eigenvalue weighted by molar-refractivity contribution is -0.0769. The van der Waals surface area contributed by atoms with Crippen LogP contribution in [0.2, 0.25) is 0 Å². The van der Waals surface area contributed by atoms with Crippen LogP contribution in [0.25, 0.3) is 0 Å². The number of anilines is 1. The Hall–Kier alpha value is -2.41. The Balaban J connectivity index is 1.63. The van der Waals surface area contributed by atoms with Gasteiger partial charge in [0, 0.05) is 13.1 Å². The number of methoxy groups -OCH3 is 2. The molecule has 1 spiro atoms. The van der Waals surface area contributed by atoms with Crippen molar-refractivity contribution in [2.24, 2.45) is 0 Å². The monoisotopic (exact) mass is 359 g/mol. The zero-order valence-corrected chi connectivity index (χ0v) is 15.0. The molecule has 0 saturated carbocycles. The lowest BCUT2D eigenvalue weighted by Crippen LogP contribution is -2.47. The molecule has 6 nitrogen and oxygen atoms in total. The van der Waals surface area contributed by atoms with Gasteiger partial charge in [-0.3, -0.25) is 0 Å². The highest BCUT2D eigenvalue weighted by molar-refractivity contribution is 5.51. The Morgan fingerprint density at radius 3 is 2.58 bits per heavy atom.